The molecule has 7 nitrogen and oxygen atoms in total. The van der Waals surface area contributed by atoms with Crippen LogP contribution in [0.5, 0.6) is 5.75 Å². The van der Waals surface area contributed by atoms with Gasteiger partial charge in [0.15, 0.2) is 0 Å². The smallest absolute Gasteiger partial charge is 0.138 e. The molecule has 7 heteroatoms. The topological polar surface area (TPSA) is 69.2 Å². The summed E-state index contributed by atoms with van der Waals surface area (Å²) >= 11 is 0. The highest BCUT2D eigenvalue weighted by atomic mass is 16.5. The van der Waals surface area contributed by atoms with Gasteiger partial charge in [0.05, 0.1) is 29.8 Å². The number of hydrogen-bond donors (Lipinski definition) is 0. The lowest BCUT2D eigenvalue weighted by atomic mass is 10.2. The molecule has 1 atom stereocenters. The monoisotopic (exact) mass is 339 g/mol. The van der Waals surface area contributed by atoms with E-state index in [-0.39, 0.29) is 6.04 Å². The third-order valence-corrected chi connectivity index (χ3v) is 4.56. The van der Waals surface area contributed by atoms with Crippen LogP contribution in [0.15, 0.2) is 41.3 Å². The van der Waals surface area contributed by atoms with Gasteiger partial charge in [0.2, 0.25) is 0 Å². The summed E-state index contributed by atoms with van der Waals surface area (Å²) in [6.07, 6.45) is 5.36. The number of hydrogen-bond acceptors (Lipinski definition) is 6. The molecule has 130 valence electrons. The van der Waals surface area contributed by atoms with E-state index in [1.165, 1.54) is 0 Å². The molecule has 4 heterocycles. The fourth-order valence-electron chi connectivity index (χ4n) is 3.23. The van der Waals surface area contributed by atoms with E-state index in [1.807, 2.05) is 31.3 Å². The third-order valence-electron chi connectivity index (χ3n) is 4.56. The molecule has 25 heavy (non-hydrogen) atoms. The Labute approximate surface area is 146 Å². The van der Waals surface area contributed by atoms with Gasteiger partial charge in [-0.15, -0.1) is 0 Å². The number of aromatic nitrogens is 4. The van der Waals surface area contributed by atoms with Gasteiger partial charge in [-0.25, -0.2) is 4.98 Å². The van der Waals surface area contributed by atoms with Crippen molar-refractivity contribution in [3.8, 4) is 5.75 Å². The fourth-order valence-corrected chi connectivity index (χ4v) is 3.23. The Hall–Kier alpha value is -2.67. The summed E-state index contributed by atoms with van der Waals surface area (Å²) in [5, 5.41) is 4.10. The first-order chi connectivity index (χ1) is 12.2. The Morgan fingerprint density at radius 2 is 2.24 bits per heavy atom. The van der Waals surface area contributed by atoms with Gasteiger partial charge < -0.3 is 13.8 Å². The van der Waals surface area contributed by atoms with E-state index in [4.69, 9.17) is 9.26 Å². The Kier molecular flexibility index (Phi) is 4.23. The van der Waals surface area contributed by atoms with Crippen LogP contribution in [0.3, 0.4) is 0 Å². The van der Waals surface area contributed by atoms with E-state index in [0.717, 1.165) is 48.4 Å². The number of ether oxygens (including phenoxy) is 1. The van der Waals surface area contributed by atoms with Crippen LogP contribution < -0.4 is 4.74 Å². The number of nitrogens with zero attached hydrogens (tertiary/aromatic N) is 5. The van der Waals surface area contributed by atoms with Crippen molar-refractivity contribution in [2.24, 2.45) is 0 Å². The SMILES string of the molecule is Cc1cc(CN2CCn3c(COc4cccnc4)cnc3C2C)no1. The molecule has 0 aromatic carbocycles. The zero-order valence-corrected chi connectivity index (χ0v) is 14.4. The van der Waals surface area contributed by atoms with Crippen molar-refractivity contribution in [3.05, 3.63) is 59.8 Å². The number of aryl methyl sites for hydroxylation is 1. The highest BCUT2D eigenvalue weighted by molar-refractivity contribution is 5.17. The number of imidazole rings is 1. The zero-order chi connectivity index (χ0) is 17.2. The van der Waals surface area contributed by atoms with Crippen molar-refractivity contribution in [1.29, 1.82) is 0 Å². The summed E-state index contributed by atoms with van der Waals surface area (Å²) in [5.41, 5.74) is 2.05. The van der Waals surface area contributed by atoms with Crippen molar-refractivity contribution < 1.29 is 9.26 Å². The maximum absolute atomic E-state index is 5.82. The maximum Gasteiger partial charge on any atom is 0.138 e. The largest absolute Gasteiger partial charge is 0.486 e. The quantitative estimate of drug-likeness (QED) is 0.712. The maximum atomic E-state index is 5.82. The Balaban J connectivity index is 1.45. The molecular weight excluding hydrogens is 318 g/mol. The second-order valence-corrected chi connectivity index (χ2v) is 6.31. The van der Waals surface area contributed by atoms with Crippen LogP contribution in [0, 0.1) is 6.92 Å². The van der Waals surface area contributed by atoms with Crippen molar-refractivity contribution in [2.45, 2.75) is 39.6 Å². The predicted octanol–water partition coefficient (Wildman–Crippen LogP) is 2.73. The lowest BCUT2D eigenvalue weighted by Gasteiger charge is -2.33. The summed E-state index contributed by atoms with van der Waals surface area (Å²) in [7, 11) is 0. The van der Waals surface area contributed by atoms with Gasteiger partial charge in [-0.05, 0) is 26.0 Å². The summed E-state index contributed by atoms with van der Waals surface area (Å²) in [6.45, 7) is 7.19. The average molecular weight is 339 g/mol. The third kappa shape index (κ3) is 3.28. The van der Waals surface area contributed by atoms with Gasteiger partial charge >= 0.3 is 0 Å². The van der Waals surface area contributed by atoms with Crippen molar-refractivity contribution >= 4 is 0 Å². The Morgan fingerprint density at radius 3 is 3.00 bits per heavy atom. The molecule has 0 spiro atoms. The van der Waals surface area contributed by atoms with Crippen LogP contribution in [-0.2, 0) is 19.7 Å². The van der Waals surface area contributed by atoms with Gasteiger partial charge in [-0.3, -0.25) is 9.88 Å². The highest BCUT2D eigenvalue weighted by Gasteiger charge is 2.27. The molecule has 1 aliphatic rings. The van der Waals surface area contributed by atoms with Crippen LogP contribution in [0.25, 0.3) is 0 Å². The van der Waals surface area contributed by atoms with Crippen LogP contribution in [-0.4, -0.2) is 31.1 Å². The molecule has 0 aliphatic carbocycles. The number of fused-ring (bicyclic) bond motifs is 1. The normalized spacial score (nSPS) is 17.4. The lowest BCUT2D eigenvalue weighted by molar-refractivity contribution is 0.148. The zero-order valence-electron chi connectivity index (χ0n) is 14.4. The van der Waals surface area contributed by atoms with Crippen LogP contribution in [0.2, 0.25) is 0 Å². The van der Waals surface area contributed by atoms with Crippen LogP contribution >= 0.6 is 0 Å². The summed E-state index contributed by atoms with van der Waals surface area (Å²) in [6, 6.07) is 5.98. The minimum atomic E-state index is 0.220. The van der Waals surface area contributed by atoms with E-state index in [0.29, 0.717) is 6.61 Å². The van der Waals surface area contributed by atoms with Gasteiger partial charge in [0.25, 0.3) is 0 Å². The van der Waals surface area contributed by atoms with E-state index >= 15 is 0 Å². The molecule has 0 saturated heterocycles. The standard InChI is InChI=1S/C18H21N5O2/c1-13-8-15(21-25-13)11-22-6-7-23-16(9-20-18(23)14(22)2)12-24-17-4-3-5-19-10-17/h3-5,8-10,14H,6-7,11-12H2,1-2H3. The van der Waals surface area contributed by atoms with E-state index in [2.05, 4.69) is 31.5 Å². The predicted molar refractivity (Wildman–Crippen MR) is 90.9 cm³/mol. The average Bonchev–Trinajstić information content (AvgIpc) is 3.23. The van der Waals surface area contributed by atoms with E-state index in [1.54, 1.807) is 12.4 Å². The summed E-state index contributed by atoms with van der Waals surface area (Å²) in [4.78, 5) is 11.1. The molecule has 1 unspecified atom stereocenters. The van der Waals surface area contributed by atoms with Crippen molar-refractivity contribution in [3.63, 3.8) is 0 Å². The Morgan fingerprint density at radius 1 is 1.32 bits per heavy atom. The fraction of sp³-hybridized carbons (Fsp3) is 0.389. The second kappa shape index (κ2) is 6.68. The molecular formula is C18H21N5O2. The highest BCUT2D eigenvalue weighted by Crippen LogP contribution is 2.27. The summed E-state index contributed by atoms with van der Waals surface area (Å²) < 4.78 is 13.2. The molecule has 1 aliphatic heterocycles. The molecule has 4 rings (SSSR count). The molecule has 0 amide bonds. The van der Waals surface area contributed by atoms with Gasteiger partial charge in [0.1, 0.15) is 23.9 Å². The van der Waals surface area contributed by atoms with Crippen LogP contribution in [0.1, 0.15) is 35.9 Å². The molecule has 3 aromatic rings. The number of pyridine rings is 1. The molecule has 0 saturated carbocycles. The van der Waals surface area contributed by atoms with Gasteiger partial charge in [0, 0.05) is 31.9 Å². The van der Waals surface area contributed by atoms with E-state index in [9.17, 15) is 0 Å². The molecule has 3 aromatic heterocycles. The van der Waals surface area contributed by atoms with E-state index < -0.39 is 0 Å². The van der Waals surface area contributed by atoms with Gasteiger partial charge in [-0.1, -0.05) is 5.16 Å². The number of rotatable bonds is 5. The lowest BCUT2D eigenvalue weighted by Crippen LogP contribution is -2.37. The first-order valence-corrected chi connectivity index (χ1v) is 8.44. The molecule has 0 N–H and O–H groups in total. The molecule has 0 bridgehead atoms. The molecule has 0 radical (unpaired) electrons. The van der Waals surface area contributed by atoms with Crippen LogP contribution in [0.4, 0.5) is 0 Å². The van der Waals surface area contributed by atoms with Crippen molar-refractivity contribution in [2.75, 3.05) is 6.54 Å². The minimum Gasteiger partial charge on any atom is -0.486 e. The molecule has 0 fully saturated rings. The minimum absolute atomic E-state index is 0.220. The summed E-state index contributed by atoms with van der Waals surface area (Å²) in [5.74, 6) is 2.68. The first kappa shape index (κ1) is 15.8. The second-order valence-electron chi connectivity index (χ2n) is 6.31. The first-order valence-electron chi connectivity index (χ1n) is 8.44. The van der Waals surface area contributed by atoms with Gasteiger partial charge in [-0.2, -0.15) is 0 Å². The Bertz CT molecular complexity index is 842. The van der Waals surface area contributed by atoms with Crippen molar-refractivity contribution in [1.82, 2.24) is 24.6 Å².